The average molecular weight is 244 g/mol. The molecule has 0 fully saturated rings. The van der Waals surface area contributed by atoms with Crippen LogP contribution in [-0.4, -0.2) is 34.2 Å². The molecule has 0 heterocycles. The van der Waals surface area contributed by atoms with Gasteiger partial charge in [-0.15, -0.1) is 0 Å². The molecule has 0 unspecified atom stereocenters. The number of hydrogen-bond acceptors (Lipinski definition) is 4. The molecular formula is C11H16O6. The Kier molecular flexibility index (Phi) is 5.95. The van der Waals surface area contributed by atoms with Crippen molar-refractivity contribution in [2.24, 2.45) is 0 Å². The van der Waals surface area contributed by atoms with E-state index >= 15 is 0 Å². The number of ether oxygens (including phenoxy) is 1. The molecule has 6 nitrogen and oxygen atoms in total. The maximum atomic E-state index is 11.6. The summed E-state index contributed by atoms with van der Waals surface area (Å²) in [5.74, 6) is -3.10. The molecule has 0 aliphatic rings. The molecule has 0 atom stereocenters. The fourth-order valence-electron chi connectivity index (χ4n) is 1.17. The van der Waals surface area contributed by atoms with Gasteiger partial charge in [-0.25, -0.2) is 4.79 Å². The number of carboxylic acids is 2. The SMILES string of the molecule is C/C(CC(=O)O)=C(/CC(=O)O)C(=O)OC(C)C. The van der Waals surface area contributed by atoms with Crippen LogP contribution in [-0.2, 0) is 19.1 Å². The van der Waals surface area contributed by atoms with Crippen LogP contribution in [0.4, 0.5) is 0 Å². The lowest BCUT2D eigenvalue weighted by Crippen LogP contribution is -2.18. The van der Waals surface area contributed by atoms with Crippen LogP contribution >= 0.6 is 0 Å². The number of esters is 1. The van der Waals surface area contributed by atoms with Crippen molar-refractivity contribution in [1.29, 1.82) is 0 Å². The molecule has 0 aliphatic heterocycles. The van der Waals surface area contributed by atoms with E-state index in [0.717, 1.165) is 0 Å². The molecule has 0 aromatic carbocycles. The minimum Gasteiger partial charge on any atom is -0.481 e. The van der Waals surface area contributed by atoms with Gasteiger partial charge in [0.2, 0.25) is 0 Å². The molecule has 0 bridgehead atoms. The highest BCUT2D eigenvalue weighted by Crippen LogP contribution is 2.15. The first-order valence-electron chi connectivity index (χ1n) is 5.07. The van der Waals surface area contributed by atoms with Crippen LogP contribution in [0.15, 0.2) is 11.1 Å². The monoisotopic (exact) mass is 244 g/mol. The van der Waals surface area contributed by atoms with Crippen LogP contribution in [0.3, 0.4) is 0 Å². The van der Waals surface area contributed by atoms with E-state index < -0.39 is 24.3 Å². The van der Waals surface area contributed by atoms with E-state index in [1.165, 1.54) is 6.92 Å². The third-order valence-electron chi connectivity index (χ3n) is 1.85. The third-order valence-corrected chi connectivity index (χ3v) is 1.85. The van der Waals surface area contributed by atoms with Crippen LogP contribution in [0.25, 0.3) is 0 Å². The van der Waals surface area contributed by atoms with Gasteiger partial charge in [0.25, 0.3) is 0 Å². The van der Waals surface area contributed by atoms with Gasteiger partial charge in [-0.05, 0) is 20.8 Å². The Balaban J connectivity index is 5.04. The molecule has 6 heteroatoms. The van der Waals surface area contributed by atoms with Gasteiger partial charge in [-0.1, -0.05) is 5.57 Å². The van der Waals surface area contributed by atoms with Crippen molar-refractivity contribution in [3.8, 4) is 0 Å². The van der Waals surface area contributed by atoms with E-state index in [1.807, 2.05) is 0 Å². The summed E-state index contributed by atoms with van der Waals surface area (Å²) < 4.78 is 4.86. The summed E-state index contributed by atoms with van der Waals surface area (Å²) in [6.45, 7) is 4.67. The molecule has 0 aromatic rings. The minimum absolute atomic E-state index is 0.103. The van der Waals surface area contributed by atoms with E-state index in [4.69, 9.17) is 14.9 Å². The molecule has 0 aromatic heterocycles. The Bertz CT molecular complexity index is 353. The van der Waals surface area contributed by atoms with Crippen molar-refractivity contribution in [1.82, 2.24) is 0 Å². The van der Waals surface area contributed by atoms with Crippen molar-refractivity contribution >= 4 is 17.9 Å². The number of carbonyl (C=O) groups is 3. The normalized spacial score (nSPS) is 12.0. The van der Waals surface area contributed by atoms with Gasteiger partial charge in [0, 0.05) is 5.57 Å². The van der Waals surface area contributed by atoms with Gasteiger partial charge >= 0.3 is 17.9 Å². The molecule has 0 rings (SSSR count). The molecule has 0 aliphatic carbocycles. The molecule has 96 valence electrons. The zero-order valence-electron chi connectivity index (χ0n) is 10.0. The van der Waals surface area contributed by atoms with Crippen LogP contribution in [0.1, 0.15) is 33.6 Å². The standard InChI is InChI=1S/C11H16O6/c1-6(2)17-11(16)8(5-10(14)15)7(3)4-9(12)13/h6H,4-5H2,1-3H3,(H,12,13)(H,14,15)/b8-7+. The zero-order chi connectivity index (χ0) is 13.6. The lowest BCUT2D eigenvalue weighted by molar-refractivity contribution is -0.145. The van der Waals surface area contributed by atoms with E-state index in [2.05, 4.69) is 0 Å². The van der Waals surface area contributed by atoms with E-state index in [9.17, 15) is 14.4 Å². The fraction of sp³-hybridized carbons (Fsp3) is 0.545. The maximum Gasteiger partial charge on any atom is 0.334 e. The Morgan fingerprint density at radius 2 is 1.53 bits per heavy atom. The van der Waals surface area contributed by atoms with Crippen molar-refractivity contribution in [2.75, 3.05) is 0 Å². The highest BCUT2D eigenvalue weighted by atomic mass is 16.5. The summed E-state index contributed by atoms with van der Waals surface area (Å²) >= 11 is 0. The van der Waals surface area contributed by atoms with Gasteiger partial charge in [0.1, 0.15) is 0 Å². The van der Waals surface area contributed by atoms with E-state index in [-0.39, 0.29) is 23.7 Å². The molecule has 0 spiro atoms. The first kappa shape index (κ1) is 15.2. The Hall–Kier alpha value is -1.85. The Morgan fingerprint density at radius 1 is 1.06 bits per heavy atom. The van der Waals surface area contributed by atoms with Gasteiger partial charge in [-0.3, -0.25) is 9.59 Å². The highest BCUT2D eigenvalue weighted by molar-refractivity contribution is 5.95. The second-order valence-corrected chi connectivity index (χ2v) is 3.85. The predicted molar refractivity (Wildman–Crippen MR) is 58.4 cm³/mol. The van der Waals surface area contributed by atoms with Crippen LogP contribution < -0.4 is 0 Å². The van der Waals surface area contributed by atoms with Gasteiger partial charge < -0.3 is 14.9 Å². The predicted octanol–water partition coefficient (Wildman–Crippen LogP) is 1.20. The fourth-order valence-corrected chi connectivity index (χ4v) is 1.17. The Labute approximate surface area is 98.9 Å². The second-order valence-electron chi connectivity index (χ2n) is 3.85. The molecule has 0 amide bonds. The number of hydrogen-bond donors (Lipinski definition) is 2. The topological polar surface area (TPSA) is 101 Å². The number of rotatable bonds is 6. The largest absolute Gasteiger partial charge is 0.481 e. The summed E-state index contributed by atoms with van der Waals surface area (Å²) in [7, 11) is 0. The van der Waals surface area contributed by atoms with Gasteiger partial charge in [-0.2, -0.15) is 0 Å². The first-order valence-corrected chi connectivity index (χ1v) is 5.07. The van der Waals surface area contributed by atoms with Crippen LogP contribution in [0.5, 0.6) is 0 Å². The zero-order valence-corrected chi connectivity index (χ0v) is 10.0. The molecule has 0 saturated carbocycles. The van der Waals surface area contributed by atoms with Crippen molar-refractivity contribution in [3.63, 3.8) is 0 Å². The lowest BCUT2D eigenvalue weighted by Gasteiger charge is -2.11. The highest BCUT2D eigenvalue weighted by Gasteiger charge is 2.20. The van der Waals surface area contributed by atoms with E-state index in [0.29, 0.717) is 0 Å². The van der Waals surface area contributed by atoms with E-state index in [1.54, 1.807) is 13.8 Å². The maximum absolute atomic E-state index is 11.6. The van der Waals surface area contributed by atoms with Crippen molar-refractivity contribution < 1.29 is 29.3 Å². The summed E-state index contributed by atoms with van der Waals surface area (Å²) in [5.41, 5.74) is 0.0964. The summed E-state index contributed by atoms with van der Waals surface area (Å²) in [6.07, 6.45) is -1.30. The van der Waals surface area contributed by atoms with Crippen LogP contribution in [0, 0.1) is 0 Å². The molecule has 2 N–H and O–H groups in total. The smallest absolute Gasteiger partial charge is 0.334 e. The van der Waals surface area contributed by atoms with Crippen molar-refractivity contribution in [2.45, 2.75) is 39.7 Å². The lowest BCUT2D eigenvalue weighted by atomic mass is 10.0. The minimum atomic E-state index is -1.20. The Morgan fingerprint density at radius 3 is 1.88 bits per heavy atom. The van der Waals surface area contributed by atoms with Crippen LogP contribution in [0.2, 0.25) is 0 Å². The number of carboxylic acid groups (broad SMARTS) is 2. The average Bonchev–Trinajstić information content (AvgIpc) is 2.11. The van der Waals surface area contributed by atoms with Gasteiger partial charge in [0.05, 0.1) is 18.9 Å². The first-order chi connectivity index (χ1) is 7.73. The number of carbonyl (C=O) groups excluding carboxylic acids is 1. The molecule has 0 radical (unpaired) electrons. The van der Waals surface area contributed by atoms with Crippen molar-refractivity contribution in [3.05, 3.63) is 11.1 Å². The third kappa shape index (κ3) is 6.34. The second kappa shape index (κ2) is 6.67. The molecule has 17 heavy (non-hydrogen) atoms. The summed E-state index contributed by atoms with van der Waals surface area (Å²) in [5, 5.41) is 17.3. The molecular weight excluding hydrogens is 228 g/mol. The summed E-state index contributed by atoms with van der Waals surface area (Å²) in [4.78, 5) is 32.7. The van der Waals surface area contributed by atoms with Gasteiger partial charge in [0.15, 0.2) is 0 Å². The summed E-state index contributed by atoms with van der Waals surface area (Å²) in [6, 6.07) is 0. The number of aliphatic carboxylic acids is 2. The molecule has 0 saturated heterocycles. The quantitative estimate of drug-likeness (QED) is 0.538.